The van der Waals surface area contributed by atoms with Crippen LogP contribution in [0.5, 0.6) is 11.5 Å². The highest BCUT2D eigenvalue weighted by atomic mass is 32.1. The summed E-state index contributed by atoms with van der Waals surface area (Å²) < 4.78 is 16.2. The summed E-state index contributed by atoms with van der Waals surface area (Å²) in [5.41, 5.74) is 3.37. The van der Waals surface area contributed by atoms with Gasteiger partial charge in [0.05, 0.1) is 24.0 Å². The van der Waals surface area contributed by atoms with Crippen LogP contribution in [0.4, 0.5) is 4.79 Å². The lowest BCUT2D eigenvalue weighted by Gasteiger charge is -2.18. The summed E-state index contributed by atoms with van der Waals surface area (Å²) in [6.07, 6.45) is 0.888. The van der Waals surface area contributed by atoms with Crippen molar-refractivity contribution in [3.05, 3.63) is 39.8 Å². The molecule has 1 aromatic heterocycles. The maximum absolute atomic E-state index is 11.6. The molecule has 0 saturated heterocycles. The Morgan fingerprint density at radius 1 is 1.35 bits per heavy atom. The summed E-state index contributed by atoms with van der Waals surface area (Å²) in [5, 5.41) is 6.84. The fourth-order valence-electron chi connectivity index (χ4n) is 1.97. The van der Waals surface area contributed by atoms with E-state index >= 15 is 0 Å². The zero-order valence-corrected chi connectivity index (χ0v) is 16.3. The average Bonchev–Trinajstić information content (AvgIpc) is 2.97. The van der Waals surface area contributed by atoms with Gasteiger partial charge in [0, 0.05) is 5.38 Å². The number of hydrogen-bond donors (Lipinski definition) is 1. The molecule has 0 atom stereocenters. The van der Waals surface area contributed by atoms with E-state index in [2.05, 4.69) is 15.5 Å². The number of aryl methyl sites for hydroxylation is 1. The van der Waals surface area contributed by atoms with Gasteiger partial charge in [0.25, 0.3) is 0 Å². The molecule has 2 rings (SSSR count). The van der Waals surface area contributed by atoms with Crippen LogP contribution in [0.15, 0.2) is 28.7 Å². The molecule has 8 heteroatoms. The van der Waals surface area contributed by atoms with Crippen LogP contribution in [-0.4, -0.2) is 30.0 Å². The number of thiazole rings is 1. The Balaban J connectivity index is 1.96. The first-order valence-corrected chi connectivity index (χ1v) is 8.88. The minimum Gasteiger partial charge on any atom is -0.493 e. The van der Waals surface area contributed by atoms with Crippen molar-refractivity contribution in [2.45, 2.75) is 39.9 Å². The zero-order chi connectivity index (χ0) is 19.2. The number of hydrogen-bond acceptors (Lipinski definition) is 7. The van der Waals surface area contributed by atoms with Crippen molar-refractivity contribution < 1.29 is 19.0 Å². The molecule has 0 aliphatic rings. The van der Waals surface area contributed by atoms with E-state index < -0.39 is 11.7 Å². The van der Waals surface area contributed by atoms with Gasteiger partial charge in [0.2, 0.25) is 0 Å². The normalized spacial score (nSPS) is 11.4. The van der Waals surface area contributed by atoms with E-state index in [-0.39, 0.29) is 0 Å². The summed E-state index contributed by atoms with van der Waals surface area (Å²) in [5.74, 6) is 1.17. The van der Waals surface area contributed by atoms with Gasteiger partial charge in [0.15, 0.2) is 11.5 Å². The van der Waals surface area contributed by atoms with Gasteiger partial charge >= 0.3 is 6.09 Å². The predicted octanol–water partition coefficient (Wildman–Crippen LogP) is 3.90. The van der Waals surface area contributed by atoms with Gasteiger partial charge in [-0.15, -0.1) is 11.3 Å². The minimum atomic E-state index is -0.612. The topological polar surface area (TPSA) is 82.0 Å². The van der Waals surface area contributed by atoms with Crippen molar-refractivity contribution in [2.75, 3.05) is 7.11 Å². The number of nitrogens with zero attached hydrogens (tertiary/aromatic N) is 2. The van der Waals surface area contributed by atoms with E-state index in [1.54, 1.807) is 51.4 Å². The van der Waals surface area contributed by atoms with E-state index in [0.717, 1.165) is 16.3 Å². The second-order valence-electron chi connectivity index (χ2n) is 6.43. The summed E-state index contributed by atoms with van der Waals surface area (Å²) in [4.78, 5) is 15.9. The highest BCUT2D eigenvalue weighted by Crippen LogP contribution is 2.28. The number of hydrazone groups is 1. The number of ether oxygens (including phenoxy) is 3. The molecular weight excluding hydrogens is 354 g/mol. The molecule has 0 saturated carbocycles. The Hall–Kier alpha value is -2.61. The molecule has 140 valence electrons. The van der Waals surface area contributed by atoms with Crippen molar-refractivity contribution in [1.82, 2.24) is 10.4 Å². The van der Waals surface area contributed by atoms with Crippen molar-refractivity contribution in [1.29, 1.82) is 0 Å². The molecule has 0 fully saturated rings. The lowest BCUT2D eigenvalue weighted by Crippen LogP contribution is -2.29. The molecule has 0 bridgehead atoms. The summed E-state index contributed by atoms with van der Waals surface area (Å²) >= 11 is 1.58. The molecule has 0 spiro atoms. The molecule has 0 aliphatic carbocycles. The van der Waals surface area contributed by atoms with Crippen LogP contribution >= 0.6 is 11.3 Å². The van der Waals surface area contributed by atoms with E-state index in [1.807, 2.05) is 18.4 Å². The zero-order valence-electron chi connectivity index (χ0n) is 15.5. The van der Waals surface area contributed by atoms with Crippen LogP contribution in [-0.2, 0) is 11.3 Å². The Morgan fingerprint density at radius 3 is 2.73 bits per heavy atom. The predicted molar refractivity (Wildman–Crippen MR) is 101 cm³/mol. The van der Waals surface area contributed by atoms with Gasteiger partial charge in [-0.25, -0.2) is 15.2 Å². The molecule has 1 heterocycles. The van der Waals surface area contributed by atoms with Crippen LogP contribution in [0.1, 0.15) is 37.0 Å². The van der Waals surface area contributed by atoms with Crippen molar-refractivity contribution in [2.24, 2.45) is 5.10 Å². The molecular formula is C18H23N3O4S. The number of amides is 1. The average molecular weight is 377 g/mol. The summed E-state index contributed by atoms with van der Waals surface area (Å²) in [7, 11) is 1.56. The molecule has 1 amide bonds. The van der Waals surface area contributed by atoms with E-state index in [1.165, 1.54) is 6.21 Å². The molecule has 7 nitrogen and oxygen atoms in total. The molecule has 0 radical (unpaired) electrons. The van der Waals surface area contributed by atoms with Gasteiger partial charge in [-0.3, -0.25) is 0 Å². The second-order valence-corrected chi connectivity index (χ2v) is 7.49. The third-order valence-corrected chi connectivity index (χ3v) is 3.82. The third-order valence-electron chi connectivity index (χ3n) is 3.00. The minimum absolute atomic E-state index is 0.369. The number of carbonyl (C=O) groups is 1. The second kappa shape index (κ2) is 8.66. The number of nitrogens with one attached hydrogen (secondary N) is 1. The lowest BCUT2D eigenvalue weighted by molar-refractivity contribution is 0.0529. The lowest BCUT2D eigenvalue weighted by atomic mass is 10.2. The van der Waals surface area contributed by atoms with Crippen LogP contribution in [0, 0.1) is 6.92 Å². The molecule has 1 aromatic carbocycles. The summed E-state index contributed by atoms with van der Waals surface area (Å²) in [6.45, 7) is 7.68. The fourth-order valence-corrected chi connectivity index (χ4v) is 2.57. The number of methoxy groups -OCH3 is 1. The maximum Gasteiger partial charge on any atom is 0.428 e. The fraction of sp³-hybridized carbons (Fsp3) is 0.389. The van der Waals surface area contributed by atoms with Crippen LogP contribution in [0.3, 0.4) is 0 Å². The van der Waals surface area contributed by atoms with Gasteiger partial charge in [0.1, 0.15) is 12.2 Å². The number of carbonyl (C=O) groups excluding carboxylic acids is 1. The van der Waals surface area contributed by atoms with Gasteiger partial charge < -0.3 is 14.2 Å². The molecule has 26 heavy (non-hydrogen) atoms. The monoisotopic (exact) mass is 377 g/mol. The standard InChI is InChI=1S/C18H23N3O4S/c1-12-20-14(11-26-12)10-24-15-7-6-13(8-16(15)23-5)9-19-21-17(22)25-18(2,3)4/h6-9,11H,10H2,1-5H3,(H,21,22)/b19-9-. The number of benzene rings is 1. The Bertz CT molecular complexity index is 781. The molecule has 1 N–H and O–H groups in total. The highest BCUT2D eigenvalue weighted by molar-refractivity contribution is 7.09. The van der Waals surface area contributed by atoms with Crippen LogP contribution < -0.4 is 14.9 Å². The Morgan fingerprint density at radius 2 is 2.12 bits per heavy atom. The number of aromatic nitrogens is 1. The Labute approximate surface area is 157 Å². The third kappa shape index (κ3) is 6.36. The van der Waals surface area contributed by atoms with Gasteiger partial charge in [-0.2, -0.15) is 5.10 Å². The van der Waals surface area contributed by atoms with E-state index in [0.29, 0.717) is 18.1 Å². The van der Waals surface area contributed by atoms with Crippen LogP contribution in [0.2, 0.25) is 0 Å². The van der Waals surface area contributed by atoms with Crippen molar-refractivity contribution in [3.8, 4) is 11.5 Å². The van der Waals surface area contributed by atoms with Crippen molar-refractivity contribution >= 4 is 23.6 Å². The number of rotatable bonds is 6. The first-order valence-electron chi connectivity index (χ1n) is 8.01. The largest absolute Gasteiger partial charge is 0.493 e. The maximum atomic E-state index is 11.6. The van der Waals surface area contributed by atoms with E-state index in [9.17, 15) is 4.79 Å². The molecule has 0 aliphatic heterocycles. The highest BCUT2D eigenvalue weighted by Gasteiger charge is 2.15. The Kier molecular flexibility index (Phi) is 6.57. The van der Waals surface area contributed by atoms with Gasteiger partial charge in [-0.05, 0) is 51.5 Å². The smallest absolute Gasteiger partial charge is 0.428 e. The molecule has 0 unspecified atom stereocenters. The summed E-state index contributed by atoms with van der Waals surface area (Å²) in [6, 6.07) is 5.36. The first kappa shape index (κ1) is 19.7. The van der Waals surface area contributed by atoms with Crippen molar-refractivity contribution in [3.63, 3.8) is 0 Å². The SMILES string of the molecule is COc1cc(/C=N\NC(=O)OC(C)(C)C)ccc1OCc1csc(C)n1. The molecule has 2 aromatic rings. The van der Waals surface area contributed by atoms with E-state index in [4.69, 9.17) is 14.2 Å². The van der Waals surface area contributed by atoms with Gasteiger partial charge in [-0.1, -0.05) is 0 Å². The van der Waals surface area contributed by atoms with Crippen LogP contribution in [0.25, 0.3) is 0 Å². The first-order chi connectivity index (χ1) is 12.3. The quantitative estimate of drug-likeness (QED) is 0.610.